The van der Waals surface area contributed by atoms with Crippen molar-refractivity contribution in [3.8, 4) is 11.5 Å². The molecule has 1 fully saturated rings. The van der Waals surface area contributed by atoms with Gasteiger partial charge < -0.3 is 64.5 Å². The molecule has 3 aliphatic rings. The van der Waals surface area contributed by atoms with Crippen LogP contribution in [0.4, 0.5) is 0 Å². The van der Waals surface area contributed by atoms with E-state index in [9.17, 15) is 49.8 Å². The third-order valence-electron chi connectivity index (χ3n) is 6.35. The molecule has 17 heteroatoms. The molecule has 2 aliphatic heterocycles. The molecule has 0 saturated carbocycles. The molecule has 2 heterocycles. The number of hydrogen-bond donors (Lipinski definition) is 8. The smallest absolute Gasteiger partial charge is 0.317 e. The summed E-state index contributed by atoms with van der Waals surface area (Å²) < 4.78 is 27.1. The summed E-state index contributed by atoms with van der Waals surface area (Å²) in [5.74, 6) is -7.98. The van der Waals surface area contributed by atoms with E-state index in [4.69, 9.17) is 33.9 Å². The fourth-order valence-corrected chi connectivity index (χ4v) is 4.34. The van der Waals surface area contributed by atoms with Crippen molar-refractivity contribution in [3.63, 3.8) is 0 Å². The largest absolute Gasteiger partial charge is 0.508 e. The number of benzene rings is 1. The Morgan fingerprint density at radius 2 is 1.55 bits per heavy atom. The standard InChI is InChI=1S/C27H26O17/c28-11-4-14(30)12-6-17(25(41-16(12)5-11)10-1-2-13(29)15(31)3-10)42-27-24(39)26(44-22(37)8-20(34)35)23(38)18(43-27)9-40-21(36)7-19(32)33/h1-6,16,18,23-24,26-31,38-39H,7-9H2,(H,32,33)(H,34,35). The van der Waals surface area contributed by atoms with Crippen LogP contribution < -0.4 is 0 Å². The number of aliphatic carboxylic acids is 2. The van der Waals surface area contributed by atoms with Gasteiger partial charge in [0.1, 0.15) is 49.3 Å². The first-order chi connectivity index (χ1) is 20.7. The summed E-state index contributed by atoms with van der Waals surface area (Å²) in [6.45, 7) is -0.822. The zero-order valence-corrected chi connectivity index (χ0v) is 22.3. The van der Waals surface area contributed by atoms with E-state index in [1.54, 1.807) is 0 Å². The molecule has 1 aliphatic carbocycles. The number of esters is 2. The Balaban J connectivity index is 1.70. The first-order valence-electron chi connectivity index (χ1n) is 12.7. The zero-order chi connectivity index (χ0) is 32.3. The first-order valence-corrected chi connectivity index (χ1v) is 12.7. The fourth-order valence-electron chi connectivity index (χ4n) is 4.34. The maximum absolute atomic E-state index is 12.1. The molecule has 0 bridgehead atoms. The Labute approximate surface area is 246 Å². The maximum atomic E-state index is 12.1. The van der Waals surface area contributed by atoms with Crippen molar-refractivity contribution in [2.24, 2.45) is 0 Å². The molecule has 236 valence electrons. The number of ether oxygens (including phenoxy) is 5. The minimum Gasteiger partial charge on any atom is -0.508 e. The van der Waals surface area contributed by atoms with Crippen molar-refractivity contribution in [2.75, 3.05) is 6.61 Å². The summed E-state index contributed by atoms with van der Waals surface area (Å²) in [5, 5.41) is 79.6. The SMILES string of the molecule is O=C(O)CC(=O)OCC1OC(OC2=C(c3ccc(O)c(O)c3)OC3C=C(O)C=C(O)C3=C2)C(O)C(OC(=O)CC(=O)O)C1O. The van der Waals surface area contributed by atoms with Gasteiger partial charge in [0.15, 0.2) is 35.2 Å². The van der Waals surface area contributed by atoms with Gasteiger partial charge in [0.2, 0.25) is 6.29 Å². The van der Waals surface area contributed by atoms with Gasteiger partial charge in [-0.15, -0.1) is 0 Å². The number of carboxylic acids is 2. The molecule has 4 rings (SSSR count). The number of phenols is 2. The average molecular weight is 622 g/mol. The number of phenolic OH excluding ortho intramolecular Hbond substituents is 2. The summed E-state index contributed by atoms with van der Waals surface area (Å²) in [6.07, 6.45) is -9.23. The molecular weight excluding hydrogens is 596 g/mol. The van der Waals surface area contributed by atoms with E-state index in [1.807, 2.05) is 0 Å². The van der Waals surface area contributed by atoms with Crippen molar-refractivity contribution in [3.05, 3.63) is 64.8 Å². The summed E-state index contributed by atoms with van der Waals surface area (Å²) in [5.41, 5.74) is 0.139. The summed E-state index contributed by atoms with van der Waals surface area (Å²) in [6, 6.07) is 3.50. The van der Waals surface area contributed by atoms with E-state index < -0.39 is 97.4 Å². The van der Waals surface area contributed by atoms with Crippen molar-refractivity contribution in [1.82, 2.24) is 0 Å². The number of allylic oxidation sites excluding steroid dienone is 2. The number of aromatic hydroxyl groups is 2. The molecule has 6 unspecified atom stereocenters. The van der Waals surface area contributed by atoms with Gasteiger partial charge in [0.25, 0.3) is 0 Å². The molecule has 0 aromatic heterocycles. The predicted molar refractivity (Wildman–Crippen MR) is 138 cm³/mol. The molecule has 8 N–H and O–H groups in total. The van der Waals surface area contributed by atoms with Crippen LogP contribution in [0.1, 0.15) is 18.4 Å². The van der Waals surface area contributed by atoms with Gasteiger partial charge >= 0.3 is 23.9 Å². The number of hydrogen-bond acceptors (Lipinski definition) is 15. The van der Waals surface area contributed by atoms with E-state index in [0.717, 1.165) is 18.2 Å². The third kappa shape index (κ3) is 7.20. The Kier molecular flexibility index (Phi) is 9.32. The zero-order valence-electron chi connectivity index (χ0n) is 22.3. The van der Waals surface area contributed by atoms with Gasteiger partial charge in [-0.2, -0.15) is 0 Å². The first kappa shape index (κ1) is 31.7. The maximum Gasteiger partial charge on any atom is 0.317 e. The van der Waals surface area contributed by atoms with Crippen molar-refractivity contribution in [1.29, 1.82) is 0 Å². The molecule has 1 saturated heterocycles. The van der Waals surface area contributed by atoms with E-state index in [-0.39, 0.29) is 28.4 Å². The molecule has 0 spiro atoms. The van der Waals surface area contributed by atoms with E-state index in [2.05, 4.69) is 0 Å². The van der Waals surface area contributed by atoms with E-state index >= 15 is 0 Å². The molecule has 17 nitrogen and oxygen atoms in total. The number of aliphatic hydroxyl groups excluding tert-OH is 4. The quantitative estimate of drug-likeness (QED) is 0.0957. The average Bonchev–Trinajstić information content (AvgIpc) is 2.92. The number of carbonyl (C=O) groups excluding carboxylic acids is 2. The number of fused-ring (bicyclic) bond motifs is 1. The predicted octanol–water partition coefficient (Wildman–Crippen LogP) is -0.143. The lowest BCUT2D eigenvalue weighted by Crippen LogP contribution is -2.60. The van der Waals surface area contributed by atoms with Crippen LogP contribution in [0.2, 0.25) is 0 Å². The lowest BCUT2D eigenvalue weighted by atomic mass is 9.96. The second-order valence-electron chi connectivity index (χ2n) is 9.58. The summed E-state index contributed by atoms with van der Waals surface area (Å²) >= 11 is 0. The van der Waals surface area contributed by atoms with Gasteiger partial charge in [-0.3, -0.25) is 19.2 Å². The van der Waals surface area contributed by atoms with Crippen molar-refractivity contribution >= 4 is 29.6 Å². The van der Waals surface area contributed by atoms with Crippen LogP contribution >= 0.6 is 0 Å². The van der Waals surface area contributed by atoms with Crippen LogP contribution in [0, 0.1) is 0 Å². The third-order valence-corrected chi connectivity index (χ3v) is 6.35. The number of rotatable bonds is 10. The number of carboxylic acid groups (broad SMARTS) is 2. The van der Waals surface area contributed by atoms with E-state index in [1.165, 1.54) is 18.2 Å². The van der Waals surface area contributed by atoms with Crippen LogP contribution in [0.25, 0.3) is 5.76 Å². The van der Waals surface area contributed by atoms with Crippen LogP contribution in [-0.4, -0.2) is 108 Å². The highest BCUT2D eigenvalue weighted by Crippen LogP contribution is 2.39. The highest BCUT2D eigenvalue weighted by molar-refractivity contribution is 5.90. The highest BCUT2D eigenvalue weighted by Gasteiger charge is 2.49. The summed E-state index contributed by atoms with van der Waals surface area (Å²) in [7, 11) is 0. The molecule has 6 atom stereocenters. The molecule has 44 heavy (non-hydrogen) atoms. The van der Waals surface area contributed by atoms with Crippen molar-refractivity contribution < 1.29 is 83.7 Å². The Bertz CT molecular complexity index is 1470. The Morgan fingerprint density at radius 3 is 2.20 bits per heavy atom. The highest BCUT2D eigenvalue weighted by atomic mass is 16.7. The van der Waals surface area contributed by atoms with Gasteiger partial charge in [0, 0.05) is 23.3 Å². The lowest BCUT2D eigenvalue weighted by molar-refractivity contribution is -0.294. The van der Waals surface area contributed by atoms with Gasteiger partial charge in [-0.25, -0.2) is 0 Å². The molecule has 0 radical (unpaired) electrons. The van der Waals surface area contributed by atoms with E-state index in [0.29, 0.717) is 0 Å². The van der Waals surface area contributed by atoms with Crippen LogP contribution in [0.3, 0.4) is 0 Å². The minimum atomic E-state index is -2.04. The topological polar surface area (TPSA) is 276 Å². The number of aliphatic hydroxyl groups is 4. The monoisotopic (exact) mass is 622 g/mol. The van der Waals surface area contributed by atoms with Crippen LogP contribution in [0.5, 0.6) is 11.5 Å². The Hall–Kier alpha value is -5.26. The van der Waals surface area contributed by atoms with Gasteiger partial charge in [0.05, 0.1) is 0 Å². The van der Waals surface area contributed by atoms with Crippen LogP contribution in [0.15, 0.2) is 59.3 Å². The second kappa shape index (κ2) is 12.9. The fraction of sp³-hybridized carbons (Fsp3) is 0.333. The van der Waals surface area contributed by atoms with Crippen molar-refractivity contribution in [2.45, 2.75) is 49.7 Å². The number of carbonyl (C=O) groups is 4. The molecule has 0 amide bonds. The van der Waals surface area contributed by atoms with Gasteiger partial charge in [-0.05, 0) is 24.3 Å². The molecular formula is C27H26O17. The molecule has 1 aromatic carbocycles. The second-order valence-corrected chi connectivity index (χ2v) is 9.58. The lowest BCUT2D eigenvalue weighted by Gasteiger charge is -2.42. The Morgan fingerprint density at radius 1 is 0.864 bits per heavy atom. The van der Waals surface area contributed by atoms with Gasteiger partial charge in [-0.1, -0.05) is 0 Å². The minimum absolute atomic E-state index is 0.0541. The normalized spacial score (nSPS) is 26.2. The van der Waals surface area contributed by atoms with Crippen LogP contribution in [-0.2, 0) is 42.9 Å². The molecule has 1 aromatic rings. The summed E-state index contributed by atoms with van der Waals surface area (Å²) in [4.78, 5) is 45.7.